The number of rotatable bonds is 6. The lowest BCUT2D eigenvalue weighted by Crippen LogP contribution is -2.06. The van der Waals surface area contributed by atoms with Crippen molar-refractivity contribution in [1.29, 1.82) is 5.26 Å². The van der Waals surface area contributed by atoms with E-state index in [0.717, 1.165) is 11.8 Å². The number of ether oxygens (including phenoxy) is 1. The first-order valence-corrected chi connectivity index (χ1v) is 8.00. The molecule has 132 valence electrons. The number of hydrogen-bond acceptors (Lipinski definition) is 5. The number of phenols is 1. The highest BCUT2D eigenvalue weighted by atomic mass is 16.5. The normalized spacial score (nSPS) is 10.6. The summed E-state index contributed by atoms with van der Waals surface area (Å²) in [4.78, 5) is 11.1. The monoisotopic (exact) mass is 351 g/mol. The van der Waals surface area contributed by atoms with E-state index in [1.807, 2.05) is 0 Å². The summed E-state index contributed by atoms with van der Waals surface area (Å²) in [5.41, 5.74) is 7.01. The topological polar surface area (TPSA) is 122 Å². The van der Waals surface area contributed by atoms with Gasteiger partial charge in [0.05, 0.1) is 17.7 Å². The van der Waals surface area contributed by atoms with Crippen LogP contribution in [0.25, 0.3) is 16.6 Å². The number of nitriles is 1. The summed E-state index contributed by atoms with van der Waals surface area (Å²) in [6, 6.07) is 11.8. The third-order valence-electron chi connectivity index (χ3n) is 4.00. The highest BCUT2D eigenvalue weighted by Crippen LogP contribution is 2.30. The molecule has 0 fully saturated rings. The van der Waals surface area contributed by atoms with Crippen molar-refractivity contribution in [2.24, 2.45) is 5.73 Å². The van der Waals surface area contributed by atoms with Gasteiger partial charge in [-0.25, -0.2) is 4.79 Å². The zero-order valence-electron chi connectivity index (χ0n) is 13.8. The highest BCUT2D eigenvalue weighted by Gasteiger charge is 2.14. The number of fused-ring (bicyclic) bond motifs is 1. The number of carbonyl (C=O) groups is 1. The molecule has 3 aromatic rings. The van der Waals surface area contributed by atoms with Crippen LogP contribution in [0.4, 0.5) is 0 Å². The molecule has 0 aliphatic heterocycles. The maximum Gasteiger partial charge on any atom is 0.339 e. The molecule has 1 heterocycles. The van der Waals surface area contributed by atoms with E-state index in [2.05, 4.69) is 6.07 Å². The molecule has 0 amide bonds. The molecular formula is C19H17N3O4. The fraction of sp³-hybridized carbons (Fsp3) is 0.158. The molecule has 0 unspecified atom stereocenters. The van der Waals surface area contributed by atoms with Gasteiger partial charge in [-0.15, -0.1) is 0 Å². The molecule has 0 radical (unpaired) electrons. The number of hydrogen-bond donors (Lipinski definition) is 3. The Balaban J connectivity index is 2.10. The van der Waals surface area contributed by atoms with Crippen molar-refractivity contribution in [2.45, 2.75) is 6.42 Å². The summed E-state index contributed by atoms with van der Waals surface area (Å²) >= 11 is 0. The molecule has 26 heavy (non-hydrogen) atoms. The molecule has 0 aliphatic rings. The summed E-state index contributed by atoms with van der Waals surface area (Å²) in [5, 5.41) is 29.1. The van der Waals surface area contributed by atoms with Gasteiger partial charge < -0.3 is 25.3 Å². The number of carboxylic acids is 1. The zero-order valence-corrected chi connectivity index (χ0v) is 13.8. The quantitative estimate of drug-likeness (QED) is 0.587. The Morgan fingerprint density at radius 3 is 2.73 bits per heavy atom. The fourth-order valence-electron chi connectivity index (χ4n) is 2.72. The van der Waals surface area contributed by atoms with Gasteiger partial charge in [0.15, 0.2) is 0 Å². The maximum atomic E-state index is 11.1. The third kappa shape index (κ3) is 3.18. The van der Waals surface area contributed by atoms with Gasteiger partial charge >= 0.3 is 5.97 Å². The van der Waals surface area contributed by atoms with E-state index in [0.29, 0.717) is 35.7 Å². The van der Waals surface area contributed by atoms with E-state index in [9.17, 15) is 15.2 Å². The molecule has 7 nitrogen and oxygen atoms in total. The van der Waals surface area contributed by atoms with Crippen molar-refractivity contribution in [1.82, 2.24) is 4.57 Å². The van der Waals surface area contributed by atoms with Crippen molar-refractivity contribution >= 4 is 16.9 Å². The Kier molecular flexibility index (Phi) is 4.78. The maximum absolute atomic E-state index is 11.1. The van der Waals surface area contributed by atoms with E-state index >= 15 is 0 Å². The Labute approximate surface area is 149 Å². The summed E-state index contributed by atoms with van der Waals surface area (Å²) in [5.74, 6) is -0.911. The molecule has 0 bridgehead atoms. The Morgan fingerprint density at radius 2 is 2.08 bits per heavy atom. The molecule has 0 saturated carbocycles. The SMILES string of the molecule is N#Cc1cn(-c2ccc(C(=O)O)c(O)c2)c2cc(OCCCN)ccc12. The molecule has 0 aliphatic carbocycles. The third-order valence-corrected chi connectivity index (χ3v) is 4.00. The second kappa shape index (κ2) is 7.17. The number of aromatic carboxylic acids is 1. The molecular weight excluding hydrogens is 334 g/mol. The summed E-state index contributed by atoms with van der Waals surface area (Å²) in [6.45, 7) is 1.02. The Bertz CT molecular complexity index is 1020. The number of aromatic hydroxyl groups is 1. The second-order valence-electron chi connectivity index (χ2n) is 5.70. The van der Waals surface area contributed by atoms with E-state index in [1.54, 1.807) is 35.0 Å². The number of nitrogens with zero attached hydrogens (tertiary/aromatic N) is 2. The van der Waals surface area contributed by atoms with Crippen molar-refractivity contribution < 1.29 is 19.7 Å². The largest absolute Gasteiger partial charge is 0.507 e. The fourth-order valence-corrected chi connectivity index (χ4v) is 2.72. The average Bonchev–Trinajstić information content (AvgIpc) is 2.99. The van der Waals surface area contributed by atoms with E-state index in [-0.39, 0.29) is 11.3 Å². The zero-order chi connectivity index (χ0) is 18.7. The van der Waals surface area contributed by atoms with Gasteiger partial charge in [0, 0.05) is 29.4 Å². The van der Waals surface area contributed by atoms with Gasteiger partial charge in [-0.1, -0.05) is 0 Å². The van der Waals surface area contributed by atoms with Gasteiger partial charge in [-0.2, -0.15) is 5.26 Å². The Hall–Kier alpha value is -3.50. The first-order chi connectivity index (χ1) is 12.5. The molecule has 0 spiro atoms. The first-order valence-electron chi connectivity index (χ1n) is 8.00. The van der Waals surface area contributed by atoms with Gasteiger partial charge in [-0.05, 0) is 37.2 Å². The van der Waals surface area contributed by atoms with Crippen LogP contribution in [-0.2, 0) is 0 Å². The van der Waals surface area contributed by atoms with Gasteiger partial charge in [0.2, 0.25) is 0 Å². The lowest BCUT2D eigenvalue weighted by molar-refractivity contribution is 0.0693. The van der Waals surface area contributed by atoms with Gasteiger partial charge in [0.1, 0.15) is 23.1 Å². The molecule has 1 aromatic heterocycles. The van der Waals surface area contributed by atoms with Crippen molar-refractivity contribution in [3.05, 3.63) is 53.7 Å². The minimum Gasteiger partial charge on any atom is -0.507 e. The highest BCUT2D eigenvalue weighted by molar-refractivity contribution is 5.92. The van der Waals surface area contributed by atoms with Crippen LogP contribution in [0.5, 0.6) is 11.5 Å². The van der Waals surface area contributed by atoms with Crippen molar-refractivity contribution in [3.63, 3.8) is 0 Å². The lowest BCUT2D eigenvalue weighted by atomic mass is 10.1. The summed E-state index contributed by atoms with van der Waals surface area (Å²) in [7, 11) is 0. The van der Waals surface area contributed by atoms with Crippen LogP contribution in [-0.4, -0.2) is 33.9 Å². The number of benzene rings is 2. The molecule has 4 N–H and O–H groups in total. The van der Waals surface area contributed by atoms with Crippen LogP contribution >= 0.6 is 0 Å². The lowest BCUT2D eigenvalue weighted by Gasteiger charge is -2.09. The number of nitrogens with two attached hydrogens (primary N) is 1. The van der Waals surface area contributed by atoms with Crippen LogP contribution < -0.4 is 10.5 Å². The number of carboxylic acid groups (broad SMARTS) is 1. The predicted molar refractivity (Wildman–Crippen MR) is 95.8 cm³/mol. The minimum absolute atomic E-state index is 0.184. The van der Waals surface area contributed by atoms with Crippen LogP contribution in [0.1, 0.15) is 22.3 Å². The van der Waals surface area contributed by atoms with Crippen LogP contribution in [0.15, 0.2) is 42.6 Å². The minimum atomic E-state index is -1.21. The van der Waals surface area contributed by atoms with E-state index in [1.165, 1.54) is 12.1 Å². The summed E-state index contributed by atoms with van der Waals surface area (Å²) in [6.07, 6.45) is 2.37. The van der Waals surface area contributed by atoms with E-state index < -0.39 is 5.97 Å². The molecule has 0 saturated heterocycles. The first kappa shape index (κ1) is 17.3. The number of aromatic nitrogens is 1. The molecule has 7 heteroatoms. The van der Waals surface area contributed by atoms with Crippen molar-refractivity contribution in [3.8, 4) is 23.3 Å². The van der Waals surface area contributed by atoms with E-state index in [4.69, 9.17) is 15.6 Å². The van der Waals surface area contributed by atoms with Gasteiger partial charge in [0.25, 0.3) is 0 Å². The molecule has 3 rings (SSSR count). The van der Waals surface area contributed by atoms with Crippen LogP contribution in [0.2, 0.25) is 0 Å². The standard InChI is InChI=1S/C19H17N3O4/c20-6-1-7-26-14-3-5-15-12(10-21)11-22(17(15)9-14)13-2-4-16(19(24)25)18(23)8-13/h2-5,8-9,11,23H,1,6-7,20H2,(H,24,25). The van der Waals surface area contributed by atoms with Crippen molar-refractivity contribution in [2.75, 3.05) is 13.2 Å². The van der Waals surface area contributed by atoms with Gasteiger partial charge in [-0.3, -0.25) is 0 Å². The smallest absolute Gasteiger partial charge is 0.339 e. The molecule has 0 atom stereocenters. The van der Waals surface area contributed by atoms with Crippen LogP contribution in [0.3, 0.4) is 0 Å². The summed E-state index contributed by atoms with van der Waals surface area (Å²) < 4.78 is 7.38. The average molecular weight is 351 g/mol. The second-order valence-corrected chi connectivity index (χ2v) is 5.70. The Morgan fingerprint density at radius 1 is 1.27 bits per heavy atom. The predicted octanol–water partition coefficient (Wildman–Crippen LogP) is 2.63. The molecule has 2 aromatic carbocycles. The van der Waals surface area contributed by atoms with Crippen LogP contribution in [0, 0.1) is 11.3 Å².